The molecule has 10 heteroatoms. The van der Waals surface area contributed by atoms with Crippen molar-refractivity contribution in [3.63, 3.8) is 0 Å². The van der Waals surface area contributed by atoms with Gasteiger partial charge in [0.15, 0.2) is 0 Å². The van der Waals surface area contributed by atoms with Crippen LogP contribution in [0.4, 0.5) is 9.59 Å². The molecule has 2 heterocycles. The molecular formula is C42H46N2O8. The number of hydrogen-bond acceptors (Lipinski definition) is 8. The van der Waals surface area contributed by atoms with E-state index in [2.05, 4.69) is 0 Å². The molecule has 2 fully saturated rings. The lowest BCUT2D eigenvalue weighted by molar-refractivity contribution is -0.148. The van der Waals surface area contributed by atoms with Crippen LogP contribution in [-0.2, 0) is 41.8 Å². The van der Waals surface area contributed by atoms with Gasteiger partial charge in [0.1, 0.15) is 13.2 Å². The zero-order valence-electron chi connectivity index (χ0n) is 29.7. The third-order valence-corrected chi connectivity index (χ3v) is 9.52. The quantitative estimate of drug-likeness (QED) is 0.134. The monoisotopic (exact) mass is 706 g/mol. The maximum absolute atomic E-state index is 12.7. The lowest BCUT2D eigenvalue weighted by Crippen LogP contribution is -2.43. The van der Waals surface area contributed by atoms with Crippen molar-refractivity contribution in [3.05, 3.63) is 144 Å². The standard InChI is InChI=1S/2C21H23NO4/c2*1-25-20(23)18-12-13-22(19(14-18)17-10-6-3-7-11-17)21(24)26-15-16-8-4-2-5-9-16/h2*2-11,18-19H,12-15H2,1H3. The van der Waals surface area contributed by atoms with Crippen LogP contribution in [-0.4, -0.2) is 61.2 Å². The number of ether oxygens (including phenoxy) is 4. The number of nitrogens with zero attached hydrogens (tertiary/aromatic N) is 2. The topological polar surface area (TPSA) is 112 Å². The van der Waals surface area contributed by atoms with Crippen molar-refractivity contribution in [1.82, 2.24) is 9.80 Å². The average molecular weight is 707 g/mol. The van der Waals surface area contributed by atoms with E-state index in [4.69, 9.17) is 18.9 Å². The first-order chi connectivity index (χ1) is 25.4. The van der Waals surface area contributed by atoms with Crippen LogP contribution < -0.4 is 0 Å². The van der Waals surface area contributed by atoms with E-state index in [0.717, 1.165) is 22.3 Å². The SMILES string of the molecule is COC(=O)C1CCN(C(=O)OCc2ccccc2)C(c2ccccc2)C1.COC(=O)C1CCN(C(=O)OCc2ccccc2)C(c2ccccc2)C1. The Kier molecular flexibility index (Phi) is 13.8. The average Bonchev–Trinajstić information content (AvgIpc) is 3.22. The lowest BCUT2D eigenvalue weighted by Gasteiger charge is -2.38. The van der Waals surface area contributed by atoms with Crippen LogP contribution in [0, 0.1) is 11.8 Å². The van der Waals surface area contributed by atoms with Crippen LogP contribution in [0.5, 0.6) is 0 Å². The maximum Gasteiger partial charge on any atom is 0.410 e. The fourth-order valence-corrected chi connectivity index (χ4v) is 6.72. The Morgan fingerprint density at radius 2 is 0.846 bits per heavy atom. The first kappa shape index (κ1) is 37.6. The summed E-state index contributed by atoms with van der Waals surface area (Å²) in [5, 5.41) is 0. The van der Waals surface area contributed by atoms with Crippen LogP contribution in [0.2, 0.25) is 0 Å². The minimum Gasteiger partial charge on any atom is -0.469 e. The van der Waals surface area contributed by atoms with Gasteiger partial charge in [0.05, 0.1) is 38.1 Å². The second-order valence-electron chi connectivity index (χ2n) is 12.8. The summed E-state index contributed by atoms with van der Waals surface area (Å²) < 4.78 is 20.8. The summed E-state index contributed by atoms with van der Waals surface area (Å²) >= 11 is 0. The van der Waals surface area contributed by atoms with Gasteiger partial charge in [-0.15, -0.1) is 0 Å². The number of hydrogen-bond donors (Lipinski definition) is 0. The van der Waals surface area contributed by atoms with Gasteiger partial charge in [-0.1, -0.05) is 121 Å². The van der Waals surface area contributed by atoms with Gasteiger partial charge in [0.2, 0.25) is 0 Å². The number of carbonyl (C=O) groups excluding carboxylic acids is 4. The molecule has 4 aromatic carbocycles. The zero-order valence-corrected chi connectivity index (χ0v) is 29.7. The normalized spacial score (nSPS) is 19.7. The summed E-state index contributed by atoms with van der Waals surface area (Å²) in [5.74, 6) is -0.849. The predicted octanol–water partition coefficient (Wildman–Crippen LogP) is 7.90. The van der Waals surface area contributed by atoms with E-state index in [1.165, 1.54) is 14.2 Å². The van der Waals surface area contributed by atoms with Crippen molar-refractivity contribution in [3.8, 4) is 0 Å². The van der Waals surface area contributed by atoms with Crippen molar-refractivity contribution in [2.75, 3.05) is 27.3 Å². The molecule has 0 saturated carbocycles. The predicted molar refractivity (Wildman–Crippen MR) is 195 cm³/mol. The molecule has 0 radical (unpaired) electrons. The van der Waals surface area contributed by atoms with Gasteiger partial charge in [0.25, 0.3) is 0 Å². The molecule has 2 saturated heterocycles. The highest BCUT2D eigenvalue weighted by molar-refractivity contribution is 5.75. The summed E-state index contributed by atoms with van der Waals surface area (Å²) in [6.45, 7) is 1.40. The van der Waals surface area contributed by atoms with Crippen molar-refractivity contribution in [1.29, 1.82) is 0 Å². The number of benzene rings is 4. The largest absolute Gasteiger partial charge is 0.469 e. The van der Waals surface area contributed by atoms with Gasteiger partial charge < -0.3 is 28.7 Å². The van der Waals surface area contributed by atoms with Crippen LogP contribution in [0.25, 0.3) is 0 Å². The van der Waals surface area contributed by atoms with Gasteiger partial charge in [-0.2, -0.15) is 0 Å². The summed E-state index contributed by atoms with van der Waals surface area (Å²) in [7, 11) is 2.81. The number of esters is 2. The second-order valence-corrected chi connectivity index (χ2v) is 12.8. The Morgan fingerprint density at radius 1 is 0.519 bits per heavy atom. The molecule has 272 valence electrons. The summed E-state index contributed by atoms with van der Waals surface area (Å²) in [6, 6.07) is 38.3. The Hall–Kier alpha value is -5.64. The molecule has 2 aliphatic rings. The van der Waals surface area contributed by atoms with E-state index < -0.39 is 0 Å². The first-order valence-electron chi connectivity index (χ1n) is 17.6. The fourth-order valence-electron chi connectivity index (χ4n) is 6.72. The van der Waals surface area contributed by atoms with Gasteiger partial charge >= 0.3 is 24.1 Å². The maximum atomic E-state index is 12.7. The Morgan fingerprint density at radius 3 is 1.17 bits per heavy atom. The van der Waals surface area contributed by atoms with Crippen LogP contribution in [0.3, 0.4) is 0 Å². The number of amides is 2. The Balaban J connectivity index is 0.000000201. The Labute approximate surface area is 305 Å². The van der Waals surface area contributed by atoms with Gasteiger partial charge in [0, 0.05) is 13.1 Å². The summed E-state index contributed by atoms with van der Waals surface area (Å²) in [6.07, 6.45) is 1.53. The number of rotatable bonds is 8. The molecule has 4 atom stereocenters. The third kappa shape index (κ3) is 10.2. The highest BCUT2D eigenvalue weighted by Gasteiger charge is 2.38. The van der Waals surface area contributed by atoms with Crippen molar-refractivity contribution in [2.45, 2.75) is 51.0 Å². The molecule has 0 spiro atoms. The molecule has 0 N–H and O–H groups in total. The molecule has 0 aliphatic carbocycles. The molecule has 0 aromatic heterocycles. The van der Waals surface area contributed by atoms with Crippen molar-refractivity contribution >= 4 is 24.1 Å². The molecular weight excluding hydrogens is 660 g/mol. The second kappa shape index (κ2) is 19.1. The van der Waals surface area contributed by atoms with E-state index in [1.54, 1.807) is 9.80 Å². The van der Waals surface area contributed by atoms with Gasteiger partial charge in [-0.05, 0) is 47.9 Å². The summed E-state index contributed by atoms with van der Waals surface area (Å²) in [4.78, 5) is 52.8. The van der Waals surface area contributed by atoms with Crippen molar-refractivity contribution < 1.29 is 38.1 Å². The van der Waals surface area contributed by atoms with Crippen LogP contribution >= 0.6 is 0 Å². The molecule has 2 amide bonds. The van der Waals surface area contributed by atoms with Gasteiger partial charge in [-0.3, -0.25) is 9.59 Å². The third-order valence-electron chi connectivity index (χ3n) is 9.52. The van der Waals surface area contributed by atoms with E-state index in [0.29, 0.717) is 38.8 Å². The molecule has 4 unspecified atom stereocenters. The molecule has 2 aliphatic heterocycles. The van der Waals surface area contributed by atoms with Crippen molar-refractivity contribution in [2.24, 2.45) is 11.8 Å². The number of likely N-dealkylation sites (tertiary alicyclic amines) is 2. The number of carbonyl (C=O) groups is 4. The first-order valence-corrected chi connectivity index (χ1v) is 17.6. The van der Waals surface area contributed by atoms with E-state index in [-0.39, 0.29) is 61.3 Å². The van der Waals surface area contributed by atoms with E-state index in [1.807, 2.05) is 121 Å². The minimum atomic E-state index is -0.356. The Bertz CT molecular complexity index is 1590. The van der Waals surface area contributed by atoms with Crippen LogP contribution in [0.1, 0.15) is 60.0 Å². The molecule has 0 bridgehead atoms. The minimum absolute atomic E-state index is 0.197. The molecule has 10 nitrogen and oxygen atoms in total. The van der Waals surface area contributed by atoms with E-state index >= 15 is 0 Å². The van der Waals surface area contributed by atoms with Gasteiger partial charge in [-0.25, -0.2) is 9.59 Å². The summed E-state index contributed by atoms with van der Waals surface area (Å²) in [5.41, 5.74) is 3.89. The zero-order chi connectivity index (χ0) is 36.7. The molecule has 4 aromatic rings. The van der Waals surface area contributed by atoms with Crippen LogP contribution in [0.15, 0.2) is 121 Å². The smallest absolute Gasteiger partial charge is 0.410 e. The van der Waals surface area contributed by atoms with E-state index in [9.17, 15) is 19.2 Å². The number of piperidine rings is 2. The number of methoxy groups -OCH3 is 2. The highest BCUT2D eigenvalue weighted by Crippen LogP contribution is 2.36. The lowest BCUT2D eigenvalue weighted by atomic mass is 9.87. The highest BCUT2D eigenvalue weighted by atomic mass is 16.6. The fraction of sp³-hybridized carbons (Fsp3) is 0.333. The molecule has 52 heavy (non-hydrogen) atoms. The molecule has 6 rings (SSSR count).